The topological polar surface area (TPSA) is 89.9 Å². The summed E-state index contributed by atoms with van der Waals surface area (Å²) in [6.45, 7) is 6.22. The van der Waals surface area contributed by atoms with Crippen molar-refractivity contribution in [2.24, 2.45) is 0 Å². The molecule has 0 unspecified atom stereocenters. The highest BCUT2D eigenvalue weighted by atomic mass is 32.2. The monoisotopic (exact) mass is 445 g/mol. The molecule has 4 rings (SSSR count). The molecule has 31 heavy (non-hydrogen) atoms. The number of piperidine rings is 1. The highest BCUT2D eigenvalue weighted by molar-refractivity contribution is 7.93. The van der Waals surface area contributed by atoms with Crippen LogP contribution in [0.5, 0.6) is 0 Å². The number of rotatable bonds is 5. The number of carboxylic acids is 1. The summed E-state index contributed by atoms with van der Waals surface area (Å²) in [5, 5.41) is 12.4. The number of sulfonamides is 1. The molecule has 3 heterocycles. The lowest BCUT2D eigenvalue weighted by Gasteiger charge is -2.39. The van der Waals surface area contributed by atoms with Crippen LogP contribution in [0.3, 0.4) is 0 Å². The maximum absolute atomic E-state index is 13.8. The number of hydrogen-bond donors (Lipinski definition) is 2. The Morgan fingerprint density at radius 1 is 1.26 bits per heavy atom. The molecule has 0 saturated carbocycles. The number of aliphatic carboxylic acids is 1. The number of dihydropyridines is 1. The van der Waals surface area contributed by atoms with E-state index < -0.39 is 16.0 Å². The van der Waals surface area contributed by atoms with Crippen LogP contribution in [0.4, 0.5) is 0 Å². The number of allylic oxidation sites excluding steroid dienone is 1. The Morgan fingerprint density at radius 2 is 2.06 bits per heavy atom. The number of hydrogen-bond acceptors (Lipinski definition) is 5. The summed E-state index contributed by atoms with van der Waals surface area (Å²) in [6.07, 6.45) is 5.48. The SMILES string of the molecule is CC1=CC2=C(NC1)N1CCCC[C@H]1CN(Cc1cc(CCC(=O)O)ccc1C)S2(=O)=O. The van der Waals surface area contributed by atoms with Crippen molar-refractivity contribution in [1.82, 2.24) is 14.5 Å². The van der Waals surface area contributed by atoms with Gasteiger partial charge in [-0.2, -0.15) is 4.31 Å². The summed E-state index contributed by atoms with van der Waals surface area (Å²) >= 11 is 0. The van der Waals surface area contributed by atoms with Crippen molar-refractivity contribution in [3.63, 3.8) is 0 Å². The van der Waals surface area contributed by atoms with E-state index in [-0.39, 0.29) is 12.5 Å². The van der Waals surface area contributed by atoms with Crippen LogP contribution in [0, 0.1) is 6.92 Å². The minimum absolute atomic E-state index is 0.0630. The molecule has 1 saturated heterocycles. The molecule has 1 aromatic carbocycles. The fourth-order valence-electron chi connectivity index (χ4n) is 4.69. The number of aryl methyl sites for hydroxylation is 2. The molecule has 0 amide bonds. The van der Waals surface area contributed by atoms with Crippen molar-refractivity contribution in [2.75, 3.05) is 19.6 Å². The highest BCUT2D eigenvalue weighted by Crippen LogP contribution is 2.34. The summed E-state index contributed by atoms with van der Waals surface area (Å²) in [4.78, 5) is 13.6. The third kappa shape index (κ3) is 4.50. The van der Waals surface area contributed by atoms with E-state index in [9.17, 15) is 13.2 Å². The Bertz CT molecular complexity index is 1040. The molecule has 2 N–H and O–H groups in total. The molecule has 3 aliphatic heterocycles. The molecule has 168 valence electrons. The maximum atomic E-state index is 13.8. The van der Waals surface area contributed by atoms with Crippen LogP contribution in [0.1, 0.15) is 49.3 Å². The van der Waals surface area contributed by atoms with Crippen molar-refractivity contribution in [3.8, 4) is 0 Å². The first-order valence-electron chi connectivity index (χ1n) is 11.0. The lowest BCUT2D eigenvalue weighted by molar-refractivity contribution is -0.136. The molecular formula is C23H31N3O4S. The standard InChI is InChI=1S/C23H31N3O4S/c1-16-11-21-23(24-13-16)26-10-4-3-5-20(26)15-25(31(21,29)30)14-19-12-18(7-6-17(19)2)8-9-22(27)28/h6-7,11-12,20,24H,3-5,8-10,13-15H2,1-2H3,(H,27,28)/t20-/m0/s1. The van der Waals surface area contributed by atoms with Crippen LogP contribution in [0.25, 0.3) is 0 Å². The maximum Gasteiger partial charge on any atom is 0.303 e. The molecule has 3 aliphatic rings. The summed E-state index contributed by atoms with van der Waals surface area (Å²) < 4.78 is 29.1. The third-order valence-electron chi connectivity index (χ3n) is 6.48. The number of nitrogens with one attached hydrogen (secondary N) is 1. The third-order valence-corrected chi connectivity index (χ3v) is 8.30. The second kappa shape index (κ2) is 8.67. The summed E-state index contributed by atoms with van der Waals surface area (Å²) in [7, 11) is -3.67. The van der Waals surface area contributed by atoms with E-state index in [1.165, 1.54) is 0 Å². The molecule has 0 spiro atoms. The molecule has 0 aromatic heterocycles. The van der Waals surface area contributed by atoms with E-state index in [0.29, 0.717) is 31.0 Å². The van der Waals surface area contributed by atoms with Crippen molar-refractivity contribution >= 4 is 16.0 Å². The predicted molar refractivity (Wildman–Crippen MR) is 120 cm³/mol. The fraction of sp³-hybridized carbons (Fsp3) is 0.522. The lowest BCUT2D eigenvalue weighted by Crippen LogP contribution is -2.47. The van der Waals surface area contributed by atoms with Crippen LogP contribution < -0.4 is 5.32 Å². The average molecular weight is 446 g/mol. The van der Waals surface area contributed by atoms with E-state index in [4.69, 9.17) is 5.11 Å². The van der Waals surface area contributed by atoms with Gasteiger partial charge in [0.15, 0.2) is 0 Å². The lowest BCUT2D eigenvalue weighted by atomic mass is 10.00. The van der Waals surface area contributed by atoms with Gasteiger partial charge in [0.1, 0.15) is 10.7 Å². The molecule has 1 aromatic rings. The van der Waals surface area contributed by atoms with Gasteiger partial charge in [-0.15, -0.1) is 0 Å². The van der Waals surface area contributed by atoms with Gasteiger partial charge in [-0.3, -0.25) is 4.79 Å². The molecule has 1 fully saturated rings. The predicted octanol–water partition coefficient (Wildman–Crippen LogP) is 2.73. The Hall–Kier alpha value is -2.32. The van der Waals surface area contributed by atoms with Gasteiger partial charge < -0.3 is 15.3 Å². The fourth-order valence-corrected chi connectivity index (χ4v) is 6.43. The Balaban J connectivity index is 1.69. The number of carbonyl (C=O) groups is 1. The highest BCUT2D eigenvalue weighted by Gasteiger charge is 2.40. The molecule has 1 atom stereocenters. The van der Waals surface area contributed by atoms with Crippen LogP contribution in [-0.2, 0) is 27.8 Å². The molecule has 8 heteroatoms. The van der Waals surface area contributed by atoms with Crippen LogP contribution in [0.2, 0.25) is 0 Å². The first kappa shape index (κ1) is 21.9. The van der Waals surface area contributed by atoms with Crippen LogP contribution in [-0.4, -0.2) is 54.4 Å². The normalized spacial score (nSPS) is 23.4. The van der Waals surface area contributed by atoms with E-state index >= 15 is 0 Å². The average Bonchev–Trinajstić information content (AvgIpc) is 2.82. The largest absolute Gasteiger partial charge is 0.481 e. The van der Waals surface area contributed by atoms with E-state index in [2.05, 4.69) is 10.2 Å². The number of fused-ring (bicyclic) bond motifs is 2. The van der Waals surface area contributed by atoms with Crippen LogP contribution >= 0.6 is 0 Å². The van der Waals surface area contributed by atoms with Gasteiger partial charge in [0.2, 0.25) is 10.0 Å². The van der Waals surface area contributed by atoms with E-state index in [1.54, 1.807) is 4.31 Å². The quantitative estimate of drug-likeness (QED) is 0.724. The minimum Gasteiger partial charge on any atom is -0.481 e. The smallest absolute Gasteiger partial charge is 0.303 e. The van der Waals surface area contributed by atoms with E-state index in [1.807, 2.05) is 38.1 Å². The second-order valence-electron chi connectivity index (χ2n) is 8.85. The van der Waals surface area contributed by atoms with Gasteiger partial charge in [-0.25, -0.2) is 8.42 Å². The summed E-state index contributed by atoms with van der Waals surface area (Å²) in [5.74, 6) is -0.0780. The van der Waals surface area contributed by atoms with Gasteiger partial charge in [-0.1, -0.05) is 23.8 Å². The van der Waals surface area contributed by atoms with Crippen molar-refractivity contribution in [2.45, 2.75) is 58.5 Å². The summed E-state index contributed by atoms with van der Waals surface area (Å²) in [5.41, 5.74) is 3.87. The minimum atomic E-state index is -3.67. The van der Waals surface area contributed by atoms with Gasteiger partial charge in [0, 0.05) is 38.6 Å². The van der Waals surface area contributed by atoms with Crippen LogP contribution in [0.15, 0.2) is 40.6 Å². The molecule has 7 nitrogen and oxygen atoms in total. The second-order valence-corrected chi connectivity index (χ2v) is 10.8. The van der Waals surface area contributed by atoms with Crippen molar-refractivity contribution in [3.05, 3.63) is 57.3 Å². The number of nitrogens with zero attached hydrogens (tertiary/aromatic N) is 2. The number of benzene rings is 1. The molecule has 0 bridgehead atoms. The van der Waals surface area contributed by atoms with Crippen molar-refractivity contribution < 1.29 is 18.3 Å². The molecule has 0 radical (unpaired) electrons. The first-order valence-corrected chi connectivity index (χ1v) is 12.4. The van der Waals surface area contributed by atoms with Crippen molar-refractivity contribution in [1.29, 1.82) is 0 Å². The van der Waals surface area contributed by atoms with E-state index in [0.717, 1.165) is 53.9 Å². The Kier molecular flexibility index (Phi) is 6.12. The number of carboxylic acid groups (broad SMARTS) is 1. The molecule has 0 aliphatic carbocycles. The first-order chi connectivity index (χ1) is 14.8. The summed E-state index contributed by atoms with van der Waals surface area (Å²) in [6, 6.07) is 6.01. The van der Waals surface area contributed by atoms with Gasteiger partial charge in [0.25, 0.3) is 0 Å². The van der Waals surface area contributed by atoms with Gasteiger partial charge >= 0.3 is 5.97 Å². The Labute approximate surface area is 184 Å². The zero-order valence-electron chi connectivity index (χ0n) is 18.2. The zero-order valence-corrected chi connectivity index (χ0v) is 19.0. The van der Waals surface area contributed by atoms with Gasteiger partial charge in [0.05, 0.1) is 0 Å². The molecular weight excluding hydrogens is 414 g/mol. The Morgan fingerprint density at radius 3 is 2.84 bits per heavy atom. The zero-order chi connectivity index (χ0) is 22.2. The van der Waals surface area contributed by atoms with Gasteiger partial charge in [-0.05, 0) is 62.3 Å².